The fraction of sp³-hybridized carbons (Fsp3) is 0.562. The first-order valence-electron chi connectivity index (χ1n) is 6.74. The number of aryl methyl sites for hydroxylation is 1. The summed E-state index contributed by atoms with van der Waals surface area (Å²) in [5, 5.41) is 22.5. The SMILES string of the molecule is Cc1ccc(C(CC(C)CC(C)(C)C)=NO)c(O)c1. The molecule has 0 aliphatic rings. The van der Waals surface area contributed by atoms with Crippen LogP contribution in [0, 0.1) is 18.3 Å². The van der Waals surface area contributed by atoms with Crippen LogP contribution in [-0.2, 0) is 0 Å². The highest BCUT2D eigenvalue weighted by molar-refractivity contribution is 6.02. The molecule has 0 bridgehead atoms. The Bertz CT molecular complexity index is 458. The monoisotopic (exact) mass is 263 g/mol. The third kappa shape index (κ3) is 4.93. The predicted octanol–water partition coefficient (Wildman–Crippen LogP) is 4.34. The van der Waals surface area contributed by atoms with Crippen LogP contribution in [0.1, 0.15) is 51.7 Å². The fourth-order valence-electron chi connectivity index (χ4n) is 2.54. The van der Waals surface area contributed by atoms with Gasteiger partial charge < -0.3 is 10.3 Å². The Labute approximate surface area is 116 Å². The Balaban J connectivity index is 2.85. The van der Waals surface area contributed by atoms with E-state index in [-0.39, 0.29) is 11.2 Å². The minimum Gasteiger partial charge on any atom is -0.507 e. The second-order valence-electron chi connectivity index (χ2n) is 6.64. The molecule has 2 N–H and O–H groups in total. The zero-order valence-corrected chi connectivity index (χ0v) is 12.6. The fourth-order valence-corrected chi connectivity index (χ4v) is 2.54. The van der Waals surface area contributed by atoms with Crippen molar-refractivity contribution in [2.75, 3.05) is 0 Å². The zero-order valence-electron chi connectivity index (χ0n) is 12.6. The quantitative estimate of drug-likeness (QED) is 0.482. The average molecular weight is 263 g/mol. The maximum Gasteiger partial charge on any atom is 0.125 e. The number of oxime groups is 1. The molecule has 106 valence electrons. The second kappa shape index (κ2) is 6.09. The predicted molar refractivity (Wildman–Crippen MR) is 79.0 cm³/mol. The van der Waals surface area contributed by atoms with Gasteiger partial charge in [0.15, 0.2) is 0 Å². The third-order valence-electron chi connectivity index (χ3n) is 3.09. The Morgan fingerprint density at radius 2 is 1.95 bits per heavy atom. The highest BCUT2D eigenvalue weighted by atomic mass is 16.4. The molecular weight excluding hydrogens is 238 g/mol. The summed E-state index contributed by atoms with van der Waals surface area (Å²) in [5.41, 5.74) is 2.40. The van der Waals surface area contributed by atoms with Crippen LogP contribution in [0.3, 0.4) is 0 Å². The van der Waals surface area contributed by atoms with Crippen LogP contribution in [0.2, 0.25) is 0 Å². The molecule has 0 aliphatic carbocycles. The van der Waals surface area contributed by atoms with Crippen LogP contribution in [-0.4, -0.2) is 16.0 Å². The number of hydrogen-bond donors (Lipinski definition) is 2. The molecule has 1 unspecified atom stereocenters. The molecule has 0 aliphatic heterocycles. The molecule has 3 heteroatoms. The van der Waals surface area contributed by atoms with Crippen molar-refractivity contribution >= 4 is 5.71 Å². The van der Waals surface area contributed by atoms with Gasteiger partial charge in [-0.15, -0.1) is 0 Å². The number of phenols is 1. The number of nitrogens with zero attached hydrogens (tertiary/aromatic N) is 1. The van der Waals surface area contributed by atoms with Gasteiger partial charge in [-0.05, 0) is 48.8 Å². The number of phenolic OH excluding ortho intramolecular Hbond substituents is 1. The van der Waals surface area contributed by atoms with Crippen LogP contribution < -0.4 is 0 Å². The standard InChI is InChI=1S/C16H25NO2/c1-11-6-7-13(15(18)9-11)14(17-19)8-12(2)10-16(3,4)5/h6-7,9,12,18-19H,8,10H2,1-5H3. The lowest BCUT2D eigenvalue weighted by Gasteiger charge is -2.23. The first-order valence-corrected chi connectivity index (χ1v) is 6.74. The first kappa shape index (κ1) is 15.5. The van der Waals surface area contributed by atoms with Crippen molar-refractivity contribution < 1.29 is 10.3 Å². The van der Waals surface area contributed by atoms with Crippen LogP contribution in [0.25, 0.3) is 0 Å². The van der Waals surface area contributed by atoms with Crippen LogP contribution in [0.5, 0.6) is 5.75 Å². The van der Waals surface area contributed by atoms with Crippen molar-refractivity contribution in [2.45, 2.75) is 47.5 Å². The molecule has 0 spiro atoms. The molecule has 0 heterocycles. The van der Waals surface area contributed by atoms with Gasteiger partial charge >= 0.3 is 0 Å². The van der Waals surface area contributed by atoms with E-state index >= 15 is 0 Å². The maximum absolute atomic E-state index is 9.95. The van der Waals surface area contributed by atoms with E-state index < -0.39 is 0 Å². The van der Waals surface area contributed by atoms with E-state index in [0.717, 1.165) is 12.0 Å². The van der Waals surface area contributed by atoms with Crippen molar-refractivity contribution in [2.24, 2.45) is 16.5 Å². The molecule has 1 aromatic carbocycles. The van der Waals surface area contributed by atoms with Gasteiger partial charge in [0.25, 0.3) is 0 Å². The normalized spacial score (nSPS) is 14.5. The highest BCUT2D eigenvalue weighted by Crippen LogP contribution is 2.28. The Hall–Kier alpha value is -1.51. The van der Waals surface area contributed by atoms with Gasteiger partial charge in [-0.3, -0.25) is 0 Å². The molecule has 1 atom stereocenters. The smallest absolute Gasteiger partial charge is 0.125 e. The Morgan fingerprint density at radius 3 is 2.42 bits per heavy atom. The van der Waals surface area contributed by atoms with Gasteiger partial charge in [0.1, 0.15) is 5.75 Å². The summed E-state index contributed by atoms with van der Waals surface area (Å²) in [6.45, 7) is 10.6. The lowest BCUT2D eigenvalue weighted by Crippen LogP contribution is -2.15. The summed E-state index contributed by atoms with van der Waals surface area (Å²) >= 11 is 0. The summed E-state index contributed by atoms with van der Waals surface area (Å²) in [6.07, 6.45) is 1.70. The molecule has 0 saturated heterocycles. The van der Waals surface area contributed by atoms with Gasteiger partial charge in [0.05, 0.1) is 5.71 Å². The third-order valence-corrected chi connectivity index (χ3v) is 3.09. The van der Waals surface area contributed by atoms with Gasteiger partial charge in [-0.2, -0.15) is 0 Å². The van der Waals surface area contributed by atoms with E-state index in [9.17, 15) is 10.3 Å². The second-order valence-corrected chi connectivity index (χ2v) is 6.64. The summed E-state index contributed by atoms with van der Waals surface area (Å²) in [7, 11) is 0. The molecule has 0 amide bonds. The molecule has 19 heavy (non-hydrogen) atoms. The molecule has 3 nitrogen and oxygen atoms in total. The van der Waals surface area contributed by atoms with Gasteiger partial charge in [-0.25, -0.2) is 0 Å². The number of aromatic hydroxyl groups is 1. The minimum absolute atomic E-state index is 0.177. The topological polar surface area (TPSA) is 52.8 Å². The summed E-state index contributed by atoms with van der Waals surface area (Å²) in [5.74, 6) is 0.572. The molecule has 1 aromatic rings. The Morgan fingerprint density at radius 1 is 1.32 bits per heavy atom. The van der Waals surface area contributed by atoms with E-state index in [0.29, 0.717) is 23.6 Å². The summed E-state index contributed by atoms with van der Waals surface area (Å²) in [6, 6.07) is 5.41. The van der Waals surface area contributed by atoms with Crippen LogP contribution in [0.15, 0.2) is 23.4 Å². The van der Waals surface area contributed by atoms with Gasteiger partial charge in [0.2, 0.25) is 0 Å². The Kier molecular flexibility index (Phi) is 4.98. The lowest BCUT2D eigenvalue weighted by atomic mass is 9.82. The highest BCUT2D eigenvalue weighted by Gasteiger charge is 2.19. The maximum atomic E-state index is 9.95. The molecule has 0 aromatic heterocycles. The van der Waals surface area contributed by atoms with Crippen molar-refractivity contribution in [1.82, 2.24) is 0 Å². The van der Waals surface area contributed by atoms with Crippen molar-refractivity contribution in [3.05, 3.63) is 29.3 Å². The van der Waals surface area contributed by atoms with E-state index in [1.54, 1.807) is 6.07 Å². The molecule has 0 saturated carbocycles. The van der Waals surface area contributed by atoms with Crippen molar-refractivity contribution in [1.29, 1.82) is 0 Å². The molecule has 1 rings (SSSR count). The lowest BCUT2D eigenvalue weighted by molar-refractivity contribution is 0.300. The zero-order chi connectivity index (χ0) is 14.6. The number of rotatable bonds is 4. The van der Waals surface area contributed by atoms with Crippen LogP contribution in [0.4, 0.5) is 0 Å². The van der Waals surface area contributed by atoms with Gasteiger partial charge in [-0.1, -0.05) is 38.9 Å². The summed E-state index contributed by atoms with van der Waals surface area (Å²) in [4.78, 5) is 0. The largest absolute Gasteiger partial charge is 0.507 e. The average Bonchev–Trinajstić information content (AvgIpc) is 2.24. The van der Waals surface area contributed by atoms with E-state index in [1.165, 1.54) is 0 Å². The van der Waals surface area contributed by atoms with E-state index in [1.807, 2.05) is 19.1 Å². The molecule has 0 fully saturated rings. The summed E-state index contributed by atoms with van der Waals surface area (Å²) < 4.78 is 0. The van der Waals surface area contributed by atoms with Crippen LogP contribution >= 0.6 is 0 Å². The van der Waals surface area contributed by atoms with Crippen molar-refractivity contribution in [3.8, 4) is 5.75 Å². The molecule has 0 radical (unpaired) electrons. The van der Waals surface area contributed by atoms with E-state index in [2.05, 4.69) is 32.9 Å². The first-order chi connectivity index (χ1) is 8.73. The molecular formula is C16H25NO2. The minimum atomic E-state index is 0.177. The number of benzene rings is 1. The van der Waals surface area contributed by atoms with Crippen molar-refractivity contribution in [3.63, 3.8) is 0 Å². The van der Waals surface area contributed by atoms with E-state index in [4.69, 9.17) is 0 Å². The van der Waals surface area contributed by atoms with Gasteiger partial charge in [0, 0.05) is 5.56 Å². The number of hydrogen-bond acceptors (Lipinski definition) is 3.